The van der Waals surface area contributed by atoms with Crippen molar-refractivity contribution in [3.05, 3.63) is 35.4 Å². The summed E-state index contributed by atoms with van der Waals surface area (Å²) in [4.78, 5) is 14.3. The smallest absolute Gasteiger partial charge is 0.222 e. The molecule has 0 saturated carbocycles. The number of amides is 1. The summed E-state index contributed by atoms with van der Waals surface area (Å²) in [6.07, 6.45) is 2.64. The van der Waals surface area contributed by atoms with Gasteiger partial charge in [-0.15, -0.1) is 0 Å². The average molecular weight is 284 g/mol. The predicted molar refractivity (Wildman–Crippen MR) is 83.4 cm³/mol. The summed E-state index contributed by atoms with van der Waals surface area (Å²) in [5, 5.41) is 9.16. The summed E-state index contributed by atoms with van der Waals surface area (Å²) >= 11 is 0. The summed E-state index contributed by atoms with van der Waals surface area (Å²) in [5.74, 6) is 0.798. The second-order valence-corrected chi connectivity index (χ2v) is 6.97. The van der Waals surface area contributed by atoms with Gasteiger partial charge in [0.2, 0.25) is 5.91 Å². The molecule has 1 amide bonds. The number of likely N-dealkylation sites (tertiary alicyclic amines) is 1. The lowest BCUT2D eigenvalue weighted by atomic mass is 9.77. The molecule has 2 rings (SSSR count). The highest BCUT2D eigenvalue weighted by Crippen LogP contribution is 2.34. The van der Waals surface area contributed by atoms with Crippen LogP contribution in [0.3, 0.4) is 0 Å². The molecule has 0 bridgehead atoms. The van der Waals surface area contributed by atoms with E-state index in [0.29, 0.717) is 24.4 Å². The predicted octanol–water partition coefficient (Wildman–Crippen LogP) is 3.73. The molecule has 1 atom stereocenters. The molecule has 1 saturated heterocycles. The molecule has 1 unspecified atom stereocenters. The van der Waals surface area contributed by atoms with Crippen molar-refractivity contribution in [1.29, 1.82) is 5.26 Å². The van der Waals surface area contributed by atoms with Gasteiger partial charge in [-0.3, -0.25) is 4.79 Å². The molecule has 1 aliphatic heterocycles. The van der Waals surface area contributed by atoms with Gasteiger partial charge in [-0.1, -0.05) is 39.0 Å². The van der Waals surface area contributed by atoms with Gasteiger partial charge in [-0.05, 0) is 35.8 Å². The van der Waals surface area contributed by atoms with Crippen LogP contribution in [0.2, 0.25) is 0 Å². The minimum Gasteiger partial charge on any atom is -0.338 e. The second kappa shape index (κ2) is 6.30. The third-order valence-electron chi connectivity index (χ3n) is 4.53. The van der Waals surface area contributed by atoms with Crippen LogP contribution in [0, 0.1) is 22.7 Å². The third kappa shape index (κ3) is 3.85. The van der Waals surface area contributed by atoms with E-state index in [0.717, 1.165) is 24.9 Å². The van der Waals surface area contributed by atoms with E-state index in [1.807, 2.05) is 29.2 Å². The first-order valence-corrected chi connectivity index (χ1v) is 7.67. The van der Waals surface area contributed by atoms with Crippen molar-refractivity contribution in [2.24, 2.45) is 11.3 Å². The number of nitrogens with zero attached hydrogens (tertiary/aromatic N) is 2. The maximum Gasteiger partial charge on any atom is 0.222 e. The number of hydrogen-bond donors (Lipinski definition) is 0. The zero-order valence-electron chi connectivity index (χ0n) is 13.2. The molecule has 0 aromatic heterocycles. The van der Waals surface area contributed by atoms with Crippen molar-refractivity contribution in [3.63, 3.8) is 0 Å². The summed E-state index contributed by atoms with van der Waals surface area (Å²) in [6, 6.07) is 9.76. The molecular formula is C18H24N2O. The first-order chi connectivity index (χ1) is 9.91. The van der Waals surface area contributed by atoms with Crippen molar-refractivity contribution >= 4 is 5.91 Å². The summed E-state index contributed by atoms with van der Waals surface area (Å²) in [6.45, 7) is 8.11. The molecule has 112 valence electrons. The van der Waals surface area contributed by atoms with Crippen molar-refractivity contribution in [3.8, 4) is 6.07 Å². The highest BCUT2D eigenvalue weighted by Gasteiger charge is 2.30. The van der Waals surface area contributed by atoms with Gasteiger partial charge in [0.25, 0.3) is 0 Å². The van der Waals surface area contributed by atoms with E-state index in [-0.39, 0.29) is 11.3 Å². The maximum atomic E-state index is 12.3. The molecule has 1 aromatic carbocycles. The van der Waals surface area contributed by atoms with E-state index in [4.69, 9.17) is 5.26 Å². The Bertz CT molecular complexity index is 551. The van der Waals surface area contributed by atoms with Crippen molar-refractivity contribution < 1.29 is 4.79 Å². The van der Waals surface area contributed by atoms with Crippen molar-refractivity contribution in [1.82, 2.24) is 4.90 Å². The van der Waals surface area contributed by atoms with Gasteiger partial charge in [0, 0.05) is 19.5 Å². The monoisotopic (exact) mass is 284 g/mol. The zero-order chi connectivity index (χ0) is 15.5. The Kier molecular flexibility index (Phi) is 4.67. The second-order valence-electron chi connectivity index (χ2n) is 6.97. The van der Waals surface area contributed by atoms with Gasteiger partial charge in [0.15, 0.2) is 0 Å². The lowest BCUT2D eigenvalue weighted by Gasteiger charge is -2.29. The van der Waals surface area contributed by atoms with Crippen LogP contribution in [0.1, 0.15) is 51.2 Å². The van der Waals surface area contributed by atoms with Crippen LogP contribution >= 0.6 is 0 Å². The van der Waals surface area contributed by atoms with E-state index >= 15 is 0 Å². The molecule has 3 nitrogen and oxygen atoms in total. The van der Waals surface area contributed by atoms with Gasteiger partial charge in [0.05, 0.1) is 11.6 Å². The Balaban J connectivity index is 2.10. The van der Waals surface area contributed by atoms with Crippen molar-refractivity contribution in [2.75, 3.05) is 6.54 Å². The Morgan fingerprint density at radius 3 is 2.67 bits per heavy atom. The number of hydrogen-bond acceptors (Lipinski definition) is 2. The van der Waals surface area contributed by atoms with E-state index in [1.54, 1.807) is 0 Å². The zero-order valence-corrected chi connectivity index (χ0v) is 13.2. The number of benzene rings is 1. The van der Waals surface area contributed by atoms with E-state index in [2.05, 4.69) is 26.8 Å². The number of rotatable bonds is 2. The Hall–Kier alpha value is -1.82. The summed E-state index contributed by atoms with van der Waals surface area (Å²) < 4.78 is 0. The summed E-state index contributed by atoms with van der Waals surface area (Å²) in [5.41, 5.74) is 1.87. The Morgan fingerprint density at radius 2 is 2.00 bits per heavy atom. The first kappa shape index (κ1) is 15.6. The van der Waals surface area contributed by atoms with Crippen LogP contribution < -0.4 is 0 Å². The molecular weight excluding hydrogens is 260 g/mol. The Labute approximate surface area is 127 Å². The molecule has 1 aromatic rings. The normalized spacial score (nSPS) is 20.0. The number of carbonyl (C=O) groups excluding carboxylic acids is 1. The van der Waals surface area contributed by atoms with Gasteiger partial charge in [-0.25, -0.2) is 0 Å². The SMILES string of the molecule is CC(C)(C)C1CCC(=O)N(Cc2ccccc2C#N)CC1. The molecule has 0 aliphatic carbocycles. The molecule has 1 heterocycles. The lowest BCUT2D eigenvalue weighted by Crippen LogP contribution is -2.30. The molecule has 21 heavy (non-hydrogen) atoms. The van der Waals surface area contributed by atoms with Crippen LogP contribution in [0.4, 0.5) is 0 Å². The molecule has 0 radical (unpaired) electrons. The minimum absolute atomic E-state index is 0.217. The summed E-state index contributed by atoms with van der Waals surface area (Å²) in [7, 11) is 0. The van der Waals surface area contributed by atoms with Gasteiger partial charge in [-0.2, -0.15) is 5.26 Å². The van der Waals surface area contributed by atoms with E-state index in [1.165, 1.54) is 0 Å². The molecule has 0 spiro atoms. The first-order valence-electron chi connectivity index (χ1n) is 7.67. The molecule has 3 heteroatoms. The standard InChI is InChI=1S/C18H24N2O/c1-18(2,3)16-8-9-17(21)20(11-10-16)13-15-7-5-4-6-14(15)12-19/h4-7,16H,8-11,13H2,1-3H3. The van der Waals surface area contributed by atoms with Crippen LogP contribution in [-0.2, 0) is 11.3 Å². The van der Waals surface area contributed by atoms with Crippen LogP contribution in [-0.4, -0.2) is 17.4 Å². The van der Waals surface area contributed by atoms with Crippen LogP contribution in [0.25, 0.3) is 0 Å². The number of carbonyl (C=O) groups is 1. The van der Waals surface area contributed by atoms with Gasteiger partial charge in [0.1, 0.15) is 0 Å². The lowest BCUT2D eigenvalue weighted by molar-refractivity contribution is -0.131. The largest absolute Gasteiger partial charge is 0.338 e. The fourth-order valence-corrected chi connectivity index (χ4v) is 3.04. The highest BCUT2D eigenvalue weighted by atomic mass is 16.2. The van der Waals surface area contributed by atoms with Gasteiger partial charge >= 0.3 is 0 Å². The van der Waals surface area contributed by atoms with E-state index in [9.17, 15) is 4.79 Å². The quantitative estimate of drug-likeness (QED) is 0.830. The topological polar surface area (TPSA) is 44.1 Å². The fourth-order valence-electron chi connectivity index (χ4n) is 3.04. The maximum absolute atomic E-state index is 12.3. The molecule has 0 N–H and O–H groups in total. The minimum atomic E-state index is 0.217. The van der Waals surface area contributed by atoms with Crippen molar-refractivity contribution in [2.45, 2.75) is 46.6 Å². The number of nitriles is 1. The molecule has 1 fully saturated rings. The van der Waals surface area contributed by atoms with Gasteiger partial charge < -0.3 is 4.90 Å². The van der Waals surface area contributed by atoms with E-state index < -0.39 is 0 Å². The van der Waals surface area contributed by atoms with Crippen LogP contribution in [0.5, 0.6) is 0 Å². The average Bonchev–Trinajstić information content (AvgIpc) is 2.62. The van der Waals surface area contributed by atoms with Crippen LogP contribution in [0.15, 0.2) is 24.3 Å². The Morgan fingerprint density at radius 1 is 1.29 bits per heavy atom. The highest BCUT2D eigenvalue weighted by molar-refractivity contribution is 5.76. The third-order valence-corrected chi connectivity index (χ3v) is 4.53. The molecule has 1 aliphatic rings. The fraction of sp³-hybridized carbons (Fsp3) is 0.556.